The van der Waals surface area contributed by atoms with Gasteiger partial charge >= 0.3 is 11.3 Å². The minimum absolute atomic E-state index is 0.0119. The highest BCUT2D eigenvalue weighted by Crippen LogP contribution is 2.30. The summed E-state index contributed by atoms with van der Waals surface area (Å²) in [6.45, 7) is 0. The van der Waals surface area contributed by atoms with Crippen molar-refractivity contribution in [2.75, 3.05) is 7.11 Å². The Bertz CT molecular complexity index is 869. The van der Waals surface area contributed by atoms with Crippen LogP contribution in [0.15, 0.2) is 53.5 Å². The minimum atomic E-state index is -4.48. The van der Waals surface area contributed by atoms with E-state index in [-0.39, 0.29) is 17.2 Å². The molecular formula is C18H15F3N2O3S. The van der Waals surface area contributed by atoms with Gasteiger partial charge in [0.05, 0.1) is 18.4 Å². The second-order valence-corrected chi connectivity index (χ2v) is 7.34. The number of rotatable bonds is 4. The maximum absolute atomic E-state index is 12.8. The third kappa shape index (κ3) is 4.42. The lowest BCUT2D eigenvalue weighted by atomic mass is 10.1. The van der Waals surface area contributed by atoms with E-state index in [2.05, 4.69) is 10.3 Å². The molecule has 27 heavy (non-hydrogen) atoms. The van der Waals surface area contributed by atoms with Gasteiger partial charge in [-0.2, -0.15) is 18.2 Å². The maximum atomic E-state index is 12.8. The van der Waals surface area contributed by atoms with Gasteiger partial charge in [-0.25, -0.2) is 0 Å². The number of amidine groups is 1. The van der Waals surface area contributed by atoms with Crippen molar-refractivity contribution in [3.63, 3.8) is 0 Å². The highest BCUT2D eigenvalue weighted by atomic mass is 32.2. The molecule has 5 nitrogen and oxygen atoms in total. The molecule has 2 aromatic carbocycles. The predicted octanol–water partition coefficient (Wildman–Crippen LogP) is 3.19. The molecule has 9 heteroatoms. The largest absolute Gasteiger partial charge is 0.608 e. The van der Waals surface area contributed by atoms with Gasteiger partial charge in [0.1, 0.15) is 5.75 Å². The molecule has 1 heterocycles. The van der Waals surface area contributed by atoms with Crippen LogP contribution in [0.1, 0.15) is 11.1 Å². The highest BCUT2D eigenvalue weighted by Gasteiger charge is 2.44. The number of amides is 1. The van der Waals surface area contributed by atoms with Crippen molar-refractivity contribution in [2.45, 2.75) is 17.8 Å². The van der Waals surface area contributed by atoms with Crippen molar-refractivity contribution >= 4 is 27.9 Å². The SMILES string of the molecule is COc1ccc(/N=C2\NC(=O)C(Cc3cccc(C(F)(F)F)c3)[S+]2[O-])cc1. The number of benzene rings is 2. The van der Waals surface area contributed by atoms with Gasteiger partial charge in [0.25, 0.3) is 5.91 Å². The number of alkyl halides is 3. The van der Waals surface area contributed by atoms with E-state index >= 15 is 0 Å². The fraction of sp³-hybridized carbons (Fsp3) is 0.222. The molecule has 0 aromatic heterocycles. The van der Waals surface area contributed by atoms with E-state index in [0.29, 0.717) is 11.4 Å². The molecule has 1 amide bonds. The van der Waals surface area contributed by atoms with Gasteiger partial charge in [-0.3, -0.25) is 10.1 Å². The molecule has 142 valence electrons. The summed E-state index contributed by atoms with van der Waals surface area (Å²) in [6.07, 6.45) is -4.56. The van der Waals surface area contributed by atoms with Crippen LogP contribution >= 0.6 is 0 Å². The Morgan fingerprint density at radius 1 is 1.22 bits per heavy atom. The Hall–Kier alpha value is -2.52. The lowest BCUT2D eigenvalue weighted by Crippen LogP contribution is -2.27. The number of hydrogen-bond donors (Lipinski definition) is 1. The summed E-state index contributed by atoms with van der Waals surface area (Å²) in [6, 6.07) is 11.2. The molecule has 1 saturated heterocycles. The van der Waals surface area contributed by atoms with Gasteiger partial charge in [0.2, 0.25) is 5.25 Å². The summed E-state index contributed by atoms with van der Waals surface area (Å²) >= 11 is -1.79. The number of nitrogens with one attached hydrogen (secondary N) is 1. The molecule has 0 radical (unpaired) electrons. The first-order valence-electron chi connectivity index (χ1n) is 7.88. The number of methoxy groups -OCH3 is 1. The van der Waals surface area contributed by atoms with Crippen molar-refractivity contribution in [3.8, 4) is 5.75 Å². The average molecular weight is 396 g/mol. The van der Waals surface area contributed by atoms with E-state index in [1.54, 1.807) is 24.3 Å². The lowest BCUT2D eigenvalue weighted by molar-refractivity contribution is -0.137. The molecule has 2 unspecified atom stereocenters. The normalized spacial score (nSPS) is 21.4. The smallest absolute Gasteiger partial charge is 0.416 e. The third-order valence-corrected chi connectivity index (χ3v) is 5.42. The second kappa shape index (κ2) is 7.61. The Balaban J connectivity index is 1.78. The minimum Gasteiger partial charge on any atom is -0.608 e. The van der Waals surface area contributed by atoms with E-state index in [1.807, 2.05) is 0 Å². The molecule has 1 fully saturated rings. The Kier molecular flexibility index (Phi) is 5.43. The van der Waals surface area contributed by atoms with Gasteiger partial charge < -0.3 is 9.29 Å². The van der Waals surface area contributed by atoms with Crippen molar-refractivity contribution in [1.82, 2.24) is 5.32 Å². The van der Waals surface area contributed by atoms with Crippen molar-refractivity contribution < 1.29 is 27.3 Å². The fourth-order valence-electron chi connectivity index (χ4n) is 2.57. The molecule has 0 saturated carbocycles. The molecule has 0 spiro atoms. The quantitative estimate of drug-likeness (QED) is 0.807. The number of hydrogen-bond acceptors (Lipinski definition) is 4. The Morgan fingerprint density at radius 2 is 1.93 bits per heavy atom. The van der Waals surface area contributed by atoms with Crippen molar-refractivity contribution in [2.24, 2.45) is 4.99 Å². The van der Waals surface area contributed by atoms with Crippen molar-refractivity contribution in [1.29, 1.82) is 0 Å². The zero-order chi connectivity index (χ0) is 19.6. The highest BCUT2D eigenvalue weighted by molar-refractivity contribution is 8.08. The molecule has 0 aliphatic carbocycles. The summed E-state index contributed by atoms with van der Waals surface area (Å²) in [4.78, 5) is 16.3. The summed E-state index contributed by atoms with van der Waals surface area (Å²) in [5, 5.41) is 1.45. The van der Waals surface area contributed by atoms with E-state index in [9.17, 15) is 22.5 Å². The van der Waals surface area contributed by atoms with Crippen LogP contribution in [0.25, 0.3) is 0 Å². The number of aliphatic imine (C=N–C) groups is 1. The number of ether oxygens (including phenoxy) is 1. The number of halogens is 3. The molecule has 1 N–H and O–H groups in total. The molecule has 1 aliphatic heterocycles. The molecular weight excluding hydrogens is 381 g/mol. The van der Waals surface area contributed by atoms with Crippen LogP contribution in [0, 0.1) is 0 Å². The topological polar surface area (TPSA) is 73.8 Å². The first-order valence-corrected chi connectivity index (χ1v) is 9.09. The van der Waals surface area contributed by atoms with E-state index in [0.717, 1.165) is 12.1 Å². The summed E-state index contributed by atoms with van der Waals surface area (Å²) in [7, 11) is 1.52. The predicted molar refractivity (Wildman–Crippen MR) is 95.3 cm³/mol. The van der Waals surface area contributed by atoms with Crippen LogP contribution in [-0.4, -0.2) is 28.0 Å². The summed E-state index contributed by atoms with van der Waals surface area (Å²) < 4.78 is 56.1. The standard InChI is InChI=1S/C18H15F3N2O3S/c1-26-14-7-5-13(6-8-14)22-17-23-16(24)15(27(17)25)10-11-3-2-4-12(9-11)18(19,20)21/h2-9,15H,10H2,1H3,(H,22,23,24). The first kappa shape index (κ1) is 19.2. The van der Waals surface area contributed by atoms with E-state index < -0.39 is 34.1 Å². The second-order valence-electron chi connectivity index (χ2n) is 5.79. The van der Waals surface area contributed by atoms with Gasteiger partial charge in [-0.1, -0.05) is 18.2 Å². The Morgan fingerprint density at radius 3 is 2.56 bits per heavy atom. The maximum Gasteiger partial charge on any atom is 0.416 e. The zero-order valence-electron chi connectivity index (χ0n) is 14.1. The van der Waals surface area contributed by atoms with E-state index in [1.165, 1.54) is 19.2 Å². The number of carbonyl (C=O) groups excluding carboxylic acids is 1. The third-order valence-electron chi connectivity index (χ3n) is 3.95. The molecule has 1 aliphatic rings. The summed E-state index contributed by atoms with van der Waals surface area (Å²) in [5.41, 5.74) is -0.0560. The van der Waals surface area contributed by atoms with Gasteiger partial charge in [-0.15, -0.1) is 0 Å². The van der Waals surface area contributed by atoms with Gasteiger partial charge in [0, 0.05) is 17.6 Å². The van der Waals surface area contributed by atoms with Crippen LogP contribution < -0.4 is 10.1 Å². The van der Waals surface area contributed by atoms with Crippen LogP contribution in [0.3, 0.4) is 0 Å². The lowest BCUT2D eigenvalue weighted by Gasteiger charge is -2.12. The zero-order valence-corrected chi connectivity index (χ0v) is 14.9. The molecule has 2 aromatic rings. The molecule has 0 bridgehead atoms. The fourth-order valence-corrected chi connectivity index (χ4v) is 3.84. The molecule has 2 atom stereocenters. The van der Waals surface area contributed by atoms with Gasteiger partial charge in [-0.05, 0) is 35.9 Å². The number of nitrogens with zero attached hydrogens (tertiary/aromatic N) is 1. The molecule has 3 rings (SSSR count). The Labute approximate surface area is 156 Å². The van der Waals surface area contributed by atoms with Crippen molar-refractivity contribution in [3.05, 3.63) is 59.7 Å². The summed E-state index contributed by atoms with van der Waals surface area (Å²) in [5.74, 6) is 0.0935. The van der Waals surface area contributed by atoms with Crippen LogP contribution in [0.4, 0.5) is 18.9 Å². The van der Waals surface area contributed by atoms with Crippen LogP contribution in [0.2, 0.25) is 0 Å². The van der Waals surface area contributed by atoms with Gasteiger partial charge in [0.15, 0.2) is 0 Å². The van der Waals surface area contributed by atoms with E-state index in [4.69, 9.17) is 4.74 Å². The van der Waals surface area contributed by atoms with Crippen LogP contribution in [0.5, 0.6) is 5.75 Å². The van der Waals surface area contributed by atoms with Crippen LogP contribution in [-0.2, 0) is 28.6 Å². The average Bonchev–Trinajstić information content (AvgIpc) is 2.89. The monoisotopic (exact) mass is 396 g/mol. The first-order chi connectivity index (χ1) is 12.8. The number of carbonyl (C=O) groups is 1.